The molecule has 1 saturated carbocycles. The van der Waals surface area contributed by atoms with Gasteiger partial charge in [-0.15, -0.1) is 0 Å². The second-order valence-electron chi connectivity index (χ2n) is 4.94. The minimum atomic E-state index is -4.36. The van der Waals surface area contributed by atoms with E-state index < -0.39 is 24.6 Å². The van der Waals surface area contributed by atoms with Crippen LogP contribution in [0.4, 0.5) is 23.2 Å². The lowest BCUT2D eigenvalue weighted by Crippen LogP contribution is -2.37. The highest BCUT2D eigenvalue weighted by molar-refractivity contribution is 5.57. The Bertz CT molecular complexity index is 452. The van der Waals surface area contributed by atoms with E-state index in [9.17, 15) is 17.6 Å². The molecule has 0 amide bonds. The van der Waals surface area contributed by atoms with Crippen molar-refractivity contribution in [3.05, 3.63) is 29.6 Å². The van der Waals surface area contributed by atoms with Gasteiger partial charge < -0.3 is 10.6 Å². The maximum absolute atomic E-state index is 14.0. The van der Waals surface area contributed by atoms with Crippen LogP contribution in [0.25, 0.3) is 0 Å². The first kappa shape index (κ1) is 14.1. The summed E-state index contributed by atoms with van der Waals surface area (Å²) < 4.78 is 51.9. The number of benzene rings is 1. The zero-order valence-corrected chi connectivity index (χ0v) is 10.5. The Balaban J connectivity index is 2.41. The quantitative estimate of drug-likeness (QED) is 0.854. The van der Waals surface area contributed by atoms with E-state index >= 15 is 0 Å². The van der Waals surface area contributed by atoms with Gasteiger partial charge in [0, 0.05) is 12.1 Å². The number of hydrogen-bond donors (Lipinski definition) is 1. The van der Waals surface area contributed by atoms with Gasteiger partial charge in [0.1, 0.15) is 12.4 Å². The molecule has 2 N–H and O–H groups in total. The summed E-state index contributed by atoms with van der Waals surface area (Å²) in [5, 5.41) is 0. The molecule has 1 aromatic rings. The highest BCUT2D eigenvalue weighted by atomic mass is 19.4. The predicted molar refractivity (Wildman–Crippen MR) is 65.4 cm³/mol. The van der Waals surface area contributed by atoms with E-state index in [0.717, 1.165) is 4.90 Å². The van der Waals surface area contributed by atoms with Crippen LogP contribution in [0.1, 0.15) is 31.4 Å². The van der Waals surface area contributed by atoms with Crippen LogP contribution < -0.4 is 10.6 Å². The highest BCUT2D eigenvalue weighted by Crippen LogP contribution is 2.38. The van der Waals surface area contributed by atoms with Crippen LogP contribution in [-0.2, 0) is 0 Å². The Morgan fingerprint density at radius 3 is 2.47 bits per heavy atom. The van der Waals surface area contributed by atoms with Gasteiger partial charge in [-0.1, -0.05) is 12.1 Å². The number of anilines is 1. The van der Waals surface area contributed by atoms with Gasteiger partial charge in [-0.2, -0.15) is 13.2 Å². The SMILES string of the molecule is CC(N)c1cccc(F)c1N(CC(F)(F)F)C1CC1. The van der Waals surface area contributed by atoms with Gasteiger partial charge in [0.2, 0.25) is 0 Å². The lowest BCUT2D eigenvalue weighted by molar-refractivity contribution is -0.120. The third-order valence-corrected chi connectivity index (χ3v) is 3.13. The second kappa shape index (κ2) is 5.00. The van der Waals surface area contributed by atoms with E-state index in [4.69, 9.17) is 5.73 Å². The maximum atomic E-state index is 14.0. The Kier molecular flexibility index (Phi) is 3.71. The van der Waals surface area contributed by atoms with Crippen molar-refractivity contribution >= 4 is 5.69 Å². The molecular formula is C13H16F4N2. The van der Waals surface area contributed by atoms with Crippen molar-refractivity contribution in [3.8, 4) is 0 Å². The monoisotopic (exact) mass is 276 g/mol. The van der Waals surface area contributed by atoms with Crippen LogP contribution in [0, 0.1) is 5.82 Å². The van der Waals surface area contributed by atoms with Crippen molar-refractivity contribution < 1.29 is 17.6 Å². The van der Waals surface area contributed by atoms with Gasteiger partial charge in [0.25, 0.3) is 0 Å². The number of rotatable bonds is 4. The molecule has 0 aromatic heterocycles. The van der Waals surface area contributed by atoms with Crippen LogP contribution in [0.15, 0.2) is 18.2 Å². The summed E-state index contributed by atoms with van der Waals surface area (Å²) in [4.78, 5) is 1.11. The lowest BCUT2D eigenvalue weighted by atomic mass is 10.0. The summed E-state index contributed by atoms with van der Waals surface area (Å²) in [5.41, 5.74) is 6.14. The number of nitrogens with two attached hydrogens (primary N) is 1. The molecular weight excluding hydrogens is 260 g/mol. The van der Waals surface area contributed by atoms with Crippen LogP contribution >= 0.6 is 0 Å². The van der Waals surface area contributed by atoms with Crippen molar-refractivity contribution in [1.29, 1.82) is 0 Å². The van der Waals surface area contributed by atoms with E-state index in [1.165, 1.54) is 12.1 Å². The zero-order chi connectivity index (χ0) is 14.2. The third kappa shape index (κ3) is 3.37. The Labute approximate surface area is 109 Å². The number of nitrogens with zero attached hydrogens (tertiary/aromatic N) is 1. The van der Waals surface area contributed by atoms with E-state index in [1.54, 1.807) is 13.0 Å². The average molecular weight is 276 g/mol. The first-order valence-electron chi connectivity index (χ1n) is 6.17. The molecule has 2 nitrogen and oxygen atoms in total. The molecule has 2 rings (SSSR count). The summed E-state index contributed by atoms with van der Waals surface area (Å²) in [5.74, 6) is -0.647. The minimum absolute atomic E-state index is 0.00248. The highest BCUT2D eigenvalue weighted by Gasteiger charge is 2.40. The molecule has 1 aliphatic carbocycles. The molecule has 0 aliphatic heterocycles. The number of hydrogen-bond acceptors (Lipinski definition) is 2. The average Bonchev–Trinajstić information content (AvgIpc) is 3.08. The summed E-state index contributed by atoms with van der Waals surface area (Å²) in [7, 11) is 0. The van der Waals surface area contributed by atoms with Crippen molar-refractivity contribution in [2.24, 2.45) is 5.73 Å². The molecule has 1 aliphatic rings. The molecule has 0 heterocycles. The molecule has 106 valence electrons. The van der Waals surface area contributed by atoms with Crippen LogP contribution in [0.5, 0.6) is 0 Å². The van der Waals surface area contributed by atoms with Crippen molar-refractivity contribution in [2.75, 3.05) is 11.4 Å². The second-order valence-corrected chi connectivity index (χ2v) is 4.94. The molecule has 6 heteroatoms. The van der Waals surface area contributed by atoms with Gasteiger partial charge >= 0.3 is 6.18 Å². The standard InChI is InChI=1S/C13H16F4N2/c1-8(18)10-3-2-4-11(14)12(10)19(9-5-6-9)7-13(15,16)17/h2-4,8-9H,5-7,18H2,1H3. The Morgan fingerprint density at radius 1 is 1.37 bits per heavy atom. The van der Waals surface area contributed by atoms with E-state index in [1.807, 2.05) is 0 Å². The smallest absolute Gasteiger partial charge is 0.357 e. The molecule has 1 fully saturated rings. The summed E-state index contributed by atoms with van der Waals surface area (Å²) in [6, 6.07) is 3.47. The summed E-state index contributed by atoms with van der Waals surface area (Å²) in [6.45, 7) is 0.495. The fraction of sp³-hybridized carbons (Fsp3) is 0.538. The number of alkyl halides is 3. The van der Waals surface area contributed by atoms with Gasteiger partial charge in [-0.25, -0.2) is 4.39 Å². The van der Waals surface area contributed by atoms with Crippen molar-refractivity contribution in [1.82, 2.24) is 0 Å². The van der Waals surface area contributed by atoms with Crippen LogP contribution in [-0.4, -0.2) is 18.8 Å². The van der Waals surface area contributed by atoms with Crippen molar-refractivity contribution in [2.45, 2.75) is 38.0 Å². The lowest BCUT2D eigenvalue weighted by Gasteiger charge is -2.29. The first-order valence-corrected chi connectivity index (χ1v) is 6.17. The Hall–Kier alpha value is -1.30. The summed E-state index contributed by atoms with van der Waals surface area (Å²) >= 11 is 0. The van der Waals surface area contributed by atoms with E-state index in [0.29, 0.717) is 18.4 Å². The van der Waals surface area contributed by atoms with Crippen LogP contribution in [0.3, 0.4) is 0 Å². The molecule has 1 unspecified atom stereocenters. The molecule has 0 radical (unpaired) electrons. The molecule has 0 saturated heterocycles. The largest absolute Gasteiger partial charge is 0.405 e. The van der Waals surface area contributed by atoms with Gasteiger partial charge in [0.05, 0.1) is 5.69 Å². The van der Waals surface area contributed by atoms with Crippen molar-refractivity contribution in [3.63, 3.8) is 0 Å². The molecule has 1 atom stereocenters. The zero-order valence-electron chi connectivity index (χ0n) is 10.5. The minimum Gasteiger partial charge on any atom is -0.357 e. The van der Waals surface area contributed by atoms with Gasteiger partial charge in [0.15, 0.2) is 0 Å². The number of para-hydroxylation sites is 1. The third-order valence-electron chi connectivity index (χ3n) is 3.13. The molecule has 19 heavy (non-hydrogen) atoms. The topological polar surface area (TPSA) is 29.3 Å². The van der Waals surface area contributed by atoms with Gasteiger partial charge in [-0.05, 0) is 31.4 Å². The van der Waals surface area contributed by atoms with E-state index in [-0.39, 0.29) is 11.7 Å². The maximum Gasteiger partial charge on any atom is 0.405 e. The first-order chi connectivity index (χ1) is 8.79. The number of halogens is 4. The normalized spacial score (nSPS) is 17.4. The fourth-order valence-electron chi connectivity index (χ4n) is 2.17. The van der Waals surface area contributed by atoms with Gasteiger partial charge in [-0.3, -0.25) is 0 Å². The van der Waals surface area contributed by atoms with E-state index in [2.05, 4.69) is 0 Å². The summed E-state index contributed by atoms with van der Waals surface area (Å²) in [6.07, 6.45) is -3.05. The molecule has 0 spiro atoms. The molecule has 1 aromatic carbocycles. The fourth-order valence-corrected chi connectivity index (χ4v) is 2.17. The Morgan fingerprint density at radius 2 is 2.00 bits per heavy atom. The molecule has 0 bridgehead atoms. The van der Waals surface area contributed by atoms with Crippen LogP contribution in [0.2, 0.25) is 0 Å². The predicted octanol–water partition coefficient (Wildman–Crippen LogP) is 3.38.